The van der Waals surface area contributed by atoms with Crippen molar-refractivity contribution in [2.75, 3.05) is 5.32 Å². The Morgan fingerprint density at radius 2 is 2.00 bits per heavy atom. The van der Waals surface area contributed by atoms with E-state index >= 15 is 0 Å². The lowest BCUT2D eigenvalue weighted by Gasteiger charge is -2.07. The number of aryl methyl sites for hydroxylation is 1. The molecular weight excluding hydrogens is 272 g/mol. The number of amides is 1. The number of carboxylic acids is 1. The molecule has 0 saturated heterocycles. The molecule has 1 amide bonds. The summed E-state index contributed by atoms with van der Waals surface area (Å²) in [6.07, 6.45) is 0. The molecule has 0 aliphatic carbocycles. The van der Waals surface area contributed by atoms with E-state index in [-0.39, 0.29) is 22.9 Å². The summed E-state index contributed by atoms with van der Waals surface area (Å²) in [7, 11) is 0. The molecule has 1 heterocycles. The standard InChI is InChI=1S/C15H16N2O4/c1-8(2)13-7-12(17-21-13)14(18)16-11-5-4-9(3)6-10(11)15(19)20/h4-8H,1-3H3,(H,16,18)(H,19,20). The highest BCUT2D eigenvalue weighted by atomic mass is 16.5. The summed E-state index contributed by atoms with van der Waals surface area (Å²) in [5, 5.41) is 15.4. The molecule has 0 unspecified atom stereocenters. The first-order valence-corrected chi connectivity index (χ1v) is 6.50. The first-order valence-electron chi connectivity index (χ1n) is 6.50. The fraction of sp³-hybridized carbons (Fsp3) is 0.267. The lowest BCUT2D eigenvalue weighted by Crippen LogP contribution is -2.15. The van der Waals surface area contributed by atoms with Gasteiger partial charge in [-0.15, -0.1) is 0 Å². The van der Waals surface area contributed by atoms with Gasteiger partial charge in [-0.25, -0.2) is 4.79 Å². The predicted molar refractivity (Wildman–Crippen MR) is 76.7 cm³/mol. The van der Waals surface area contributed by atoms with Gasteiger partial charge in [-0.2, -0.15) is 0 Å². The molecule has 6 nitrogen and oxygen atoms in total. The lowest BCUT2D eigenvalue weighted by molar-refractivity contribution is 0.0698. The molecule has 0 bridgehead atoms. The van der Waals surface area contributed by atoms with Crippen LogP contribution in [0.3, 0.4) is 0 Å². The van der Waals surface area contributed by atoms with Gasteiger partial charge < -0.3 is 14.9 Å². The molecule has 2 N–H and O–H groups in total. The number of benzene rings is 1. The van der Waals surface area contributed by atoms with Gasteiger partial charge in [0.25, 0.3) is 5.91 Å². The largest absolute Gasteiger partial charge is 0.478 e. The van der Waals surface area contributed by atoms with Crippen molar-refractivity contribution in [2.24, 2.45) is 0 Å². The van der Waals surface area contributed by atoms with Crippen LogP contribution in [0.4, 0.5) is 5.69 Å². The third kappa shape index (κ3) is 3.28. The van der Waals surface area contributed by atoms with Crippen molar-refractivity contribution in [3.05, 3.63) is 46.8 Å². The van der Waals surface area contributed by atoms with E-state index < -0.39 is 11.9 Å². The molecule has 0 fully saturated rings. The molecule has 21 heavy (non-hydrogen) atoms. The highest BCUT2D eigenvalue weighted by Crippen LogP contribution is 2.20. The molecule has 2 rings (SSSR count). The van der Waals surface area contributed by atoms with E-state index in [9.17, 15) is 9.59 Å². The molecular formula is C15H16N2O4. The van der Waals surface area contributed by atoms with Crippen LogP contribution in [0.1, 0.15) is 51.9 Å². The summed E-state index contributed by atoms with van der Waals surface area (Å²) in [4.78, 5) is 23.3. The minimum Gasteiger partial charge on any atom is -0.478 e. The van der Waals surface area contributed by atoms with Gasteiger partial charge in [0.1, 0.15) is 5.76 Å². The zero-order valence-electron chi connectivity index (χ0n) is 12.0. The summed E-state index contributed by atoms with van der Waals surface area (Å²) >= 11 is 0. The van der Waals surface area contributed by atoms with Gasteiger partial charge >= 0.3 is 5.97 Å². The average Bonchev–Trinajstić information content (AvgIpc) is 2.90. The third-order valence-electron chi connectivity index (χ3n) is 2.98. The van der Waals surface area contributed by atoms with Crippen LogP contribution < -0.4 is 5.32 Å². The SMILES string of the molecule is Cc1ccc(NC(=O)c2cc(C(C)C)on2)c(C(=O)O)c1. The number of nitrogens with zero attached hydrogens (tertiary/aromatic N) is 1. The minimum atomic E-state index is -1.10. The van der Waals surface area contributed by atoms with Crippen molar-refractivity contribution in [3.8, 4) is 0 Å². The molecule has 0 aliphatic heterocycles. The molecule has 0 spiro atoms. The van der Waals surface area contributed by atoms with Crippen LogP contribution in [0.5, 0.6) is 0 Å². The number of nitrogens with one attached hydrogen (secondary N) is 1. The van der Waals surface area contributed by atoms with Gasteiger partial charge in [0.15, 0.2) is 5.69 Å². The predicted octanol–water partition coefficient (Wildman–Crippen LogP) is 3.06. The van der Waals surface area contributed by atoms with E-state index in [0.29, 0.717) is 5.76 Å². The van der Waals surface area contributed by atoms with E-state index in [0.717, 1.165) is 5.56 Å². The molecule has 1 aromatic carbocycles. The van der Waals surface area contributed by atoms with Gasteiger partial charge in [0.05, 0.1) is 11.3 Å². The smallest absolute Gasteiger partial charge is 0.337 e. The monoisotopic (exact) mass is 288 g/mol. The van der Waals surface area contributed by atoms with Crippen LogP contribution in [0.15, 0.2) is 28.8 Å². The molecule has 0 saturated carbocycles. The molecule has 110 valence electrons. The van der Waals surface area contributed by atoms with Gasteiger partial charge in [0.2, 0.25) is 0 Å². The number of aromatic nitrogens is 1. The Bertz CT molecular complexity index is 689. The maximum absolute atomic E-state index is 12.1. The van der Waals surface area contributed by atoms with Gasteiger partial charge in [-0.1, -0.05) is 30.6 Å². The molecule has 0 radical (unpaired) electrons. The summed E-state index contributed by atoms with van der Waals surface area (Å²) < 4.78 is 5.05. The maximum atomic E-state index is 12.1. The van der Waals surface area contributed by atoms with Crippen LogP contribution in [0.2, 0.25) is 0 Å². The normalized spacial score (nSPS) is 10.7. The van der Waals surface area contributed by atoms with Crippen LogP contribution in [-0.4, -0.2) is 22.1 Å². The Morgan fingerprint density at radius 1 is 1.29 bits per heavy atom. The topological polar surface area (TPSA) is 92.4 Å². The number of carbonyl (C=O) groups is 2. The van der Waals surface area contributed by atoms with Crippen molar-refractivity contribution in [3.63, 3.8) is 0 Å². The van der Waals surface area contributed by atoms with Gasteiger partial charge in [0, 0.05) is 12.0 Å². The average molecular weight is 288 g/mol. The highest BCUT2D eigenvalue weighted by Gasteiger charge is 2.17. The second-order valence-electron chi connectivity index (χ2n) is 5.08. The zero-order valence-corrected chi connectivity index (χ0v) is 12.0. The van der Waals surface area contributed by atoms with Crippen LogP contribution in [-0.2, 0) is 0 Å². The maximum Gasteiger partial charge on any atom is 0.337 e. The third-order valence-corrected chi connectivity index (χ3v) is 2.98. The number of rotatable bonds is 4. The van der Waals surface area contributed by atoms with E-state index in [1.54, 1.807) is 25.1 Å². The first-order chi connectivity index (χ1) is 9.88. The highest BCUT2D eigenvalue weighted by molar-refractivity contribution is 6.06. The van der Waals surface area contributed by atoms with E-state index in [4.69, 9.17) is 9.63 Å². The Kier molecular flexibility index (Phi) is 4.07. The molecule has 1 aromatic heterocycles. The van der Waals surface area contributed by atoms with Gasteiger partial charge in [-0.3, -0.25) is 4.79 Å². The number of anilines is 1. The van der Waals surface area contributed by atoms with Crippen molar-refractivity contribution < 1.29 is 19.2 Å². The Morgan fingerprint density at radius 3 is 2.57 bits per heavy atom. The summed E-state index contributed by atoms with van der Waals surface area (Å²) in [6.45, 7) is 5.62. The number of hydrogen-bond acceptors (Lipinski definition) is 4. The second kappa shape index (κ2) is 5.78. The fourth-order valence-corrected chi connectivity index (χ4v) is 1.80. The minimum absolute atomic E-state index is 0.0379. The van der Waals surface area contributed by atoms with Crippen molar-refractivity contribution in [1.82, 2.24) is 5.16 Å². The molecule has 2 aromatic rings. The van der Waals surface area contributed by atoms with Crippen LogP contribution in [0, 0.1) is 6.92 Å². The quantitative estimate of drug-likeness (QED) is 0.902. The van der Waals surface area contributed by atoms with Crippen molar-refractivity contribution >= 4 is 17.6 Å². The van der Waals surface area contributed by atoms with Crippen LogP contribution in [0.25, 0.3) is 0 Å². The summed E-state index contributed by atoms with van der Waals surface area (Å²) in [5.41, 5.74) is 1.19. The van der Waals surface area contributed by atoms with E-state index in [1.165, 1.54) is 6.07 Å². The number of carbonyl (C=O) groups excluding carboxylic acids is 1. The van der Waals surface area contributed by atoms with Crippen molar-refractivity contribution in [1.29, 1.82) is 0 Å². The Balaban J connectivity index is 2.25. The van der Waals surface area contributed by atoms with E-state index in [1.807, 2.05) is 13.8 Å². The Hall–Kier alpha value is -2.63. The van der Waals surface area contributed by atoms with Crippen molar-refractivity contribution in [2.45, 2.75) is 26.7 Å². The number of aromatic carboxylic acids is 1. The fourth-order valence-electron chi connectivity index (χ4n) is 1.80. The summed E-state index contributed by atoms with van der Waals surface area (Å²) in [5.74, 6) is -0.885. The second-order valence-corrected chi connectivity index (χ2v) is 5.08. The molecule has 0 atom stereocenters. The lowest BCUT2D eigenvalue weighted by atomic mass is 10.1. The molecule has 6 heteroatoms. The zero-order chi connectivity index (χ0) is 15.6. The Labute approximate surface area is 121 Å². The van der Waals surface area contributed by atoms with E-state index in [2.05, 4.69) is 10.5 Å². The number of hydrogen-bond donors (Lipinski definition) is 2. The number of carboxylic acid groups (broad SMARTS) is 1. The van der Waals surface area contributed by atoms with Gasteiger partial charge in [-0.05, 0) is 19.1 Å². The first kappa shape index (κ1) is 14.8. The molecule has 0 aliphatic rings. The van der Waals surface area contributed by atoms with Crippen LogP contribution >= 0.6 is 0 Å². The summed E-state index contributed by atoms with van der Waals surface area (Å²) in [6, 6.07) is 6.33.